The average Bonchev–Trinajstić information content (AvgIpc) is 2.74. The molecule has 3 rings (SSSR count). The van der Waals surface area contributed by atoms with Gasteiger partial charge in [-0.1, -0.05) is 44.1 Å². The van der Waals surface area contributed by atoms with Crippen LogP contribution >= 0.6 is 0 Å². The summed E-state index contributed by atoms with van der Waals surface area (Å²) in [6.45, 7) is 2.29. The lowest BCUT2D eigenvalue weighted by Gasteiger charge is -2.37. The molecular formula is C25H29F5O. The molecule has 0 aromatic heterocycles. The number of hydrogen-bond acceptors (Lipinski definition) is 1. The Labute approximate surface area is 181 Å². The summed E-state index contributed by atoms with van der Waals surface area (Å²) in [6, 6.07) is 1.48. The van der Waals surface area contributed by atoms with Crippen molar-refractivity contribution in [2.45, 2.75) is 71.1 Å². The lowest BCUT2D eigenvalue weighted by molar-refractivity contribution is -0.276. The maximum absolute atomic E-state index is 13.7. The Morgan fingerprint density at radius 2 is 1.48 bits per heavy atom. The second-order valence-corrected chi connectivity index (χ2v) is 8.81. The molecule has 2 aliphatic carbocycles. The van der Waals surface area contributed by atoms with Crippen LogP contribution in [-0.4, -0.2) is 6.36 Å². The highest BCUT2D eigenvalue weighted by Crippen LogP contribution is 2.42. The number of allylic oxidation sites excluding steroid dienone is 2. The fourth-order valence-corrected chi connectivity index (χ4v) is 5.03. The van der Waals surface area contributed by atoms with E-state index in [4.69, 9.17) is 0 Å². The number of hydrogen-bond donors (Lipinski definition) is 0. The van der Waals surface area contributed by atoms with E-state index in [9.17, 15) is 22.0 Å². The molecule has 0 atom stereocenters. The van der Waals surface area contributed by atoms with Crippen LogP contribution in [0.5, 0.6) is 5.75 Å². The van der Waals surface area contributed by atoms with E-state index >= 15 is 0 Å². The predicted octanol–water partition coefficient (Wildman–Crippen LogP) is 7.79. The van der Waals surface area contributed by atoms with E-state index in [0.29, 0.717) is 5.92 Å². The summed E-state index contributed by atoms with van der Waals surface area (Å²) in [7, 11) is 0. The van der Waals surface area contributed by atoms with Crippen molar-refractivity contribution in [2.24, 2.45) is 23.7 Å². The van der Waals surface area contributed by atoms with Gasteiger partial charge in [-0.15, -0.1) is 13.2 Å². The minimum Gasteiger partial charge on any atom is -0.399 e. The van der Waals surface area contributed by atoms with Gasteiger partial charge in [0.2, 0.25) is 5.75 Å². The van der Waals surface area contributed by atoms with E-state index in [2.05, 4.69) is 23.5 Å². The van der Waals surface area contributed by atoms with Crippen molar-refractivity contribution in [1.82, 2.24) is 0 Å². The van der Waals surface area contributed by atoms with Crippen LogP contribution in [0.2, 0.25) is 0 Å². The largest absolute Gasteiger partial charge is 0.573 e. The van der Waals surface area contributed by atoms with Gasteiger partial charge < -0.3 is 4.74 Å². The van der Waals surface area contributed by atoms with Gasteiger partial charge in [0.15, 0.2) is 11.6 Å². The van der Waals surface area contributed by atoms with Crippen molar-refractivity contribution in [3.63, 3.8) is 0 Å². The Kier molecular flexibility index (Phi) is 8.02. The third-order valence-corrected chi connectivity index (χ3v) is 6.84. The zero-order valence-electron chi connectivity index (χ0n) is 17.8. The summed E-state index contributed by atoms with van der Waals surface area (Å²) < 4.78 is 67.4. The first-order valence-corrected chi connectivity index (χ1v) is 11.2. The van der Waals surface area contributed by atoms with E-state index in [1.165, 1.54) is 44.9 Å². The van der Waals surface area contributed by atoms with Crippen LogP contribution in [0.4, 0.5) is 22.0 Å². The lowest BCUT2D eigenvalue weighted by Crippen LogP contribution is -2.25. The van der Waals surface area contributed by atoms with Crippen LogP contribution in [0, 0.1) is 47.1 Å². The first-order valence-electron chi connectivity index (χ1n) is 11.2. The molecule has 2 aliphatic rings. The molecule has 0 amide bonds. The topological polar surface area (TPSA) is 9.23 Å². The molecule has 1 aromatic rings. The van der Waals surface area contributed by atoms with Crippen LogP contribution in [0.25, 0.3) is 0 Å². The summed E-state index contributed by atoms with van der Waals surface area (Å²) in [5.41, 5.74) is -0.0411. The van der Waals surface area contributed by atoms with Crippen molar-refractivity contribution in [3.8, 4) is 17.6 Å². The van der Waals surface area contributed by atoms with Gasteiger partial charge in [0.05, 0.1) is 0 Å². The zero-order valence-corrected chi connectivity index (χ0v) is 17.8. The average molecular weight is 440 g/mol. The number of benzene rings is 1. The molecule has 2 fully saturated rings. The van der Waals surface area contributed by atoms with Crippen LogP contribution in [0.1, 0.15) is 70.3 Å². The van der Waals surface area contributed by atoms with Crippen molar-refractivity contribution in [2.75, 3.05) is 0 Å². The molecule has 31 heavy (non-hydrogen) atoms. The molecule has 0 aliphatic heterocycles. The van der Waals surface area contributed by atoms with Gasteiger partial charge in [-0.05, 0) is 80.4 Å². The Morgan fingerprint density at radius 3 is 2.00 bits per heavy atom. The molecule has 2 saturated carbocycles. The lowest BCUT2D eigenvalue weighted by atomic mass is 9.69. The smallest absolute Gasteiger partial charge is 0.399 e. The van der Waals surface area contributed by atoms with Gasteiger partial charge in [0.1, 0.15) is 0 Å². The Morgan fingerprint density at radius 1 is 0.935 bits per heavy atom. The van der Waals surface area contributed by atoms with Crippen molar-refractivity contribution in [1.29, 1.82) is 0 Å². The molecular weight excluding hydrogens is 411 g/mol. The highest BCUT2D eigenvalue weighted by atomic mass is 19.4. The normalized spacial score (nSPS) is 27.0. The summed E-state index contributed by atoms with van der Waals surface area (Å²) in [4.78, 5) is 0. The minimum atomic E-state index is -5.16. The summed E-state index contributed by atoms with van der Waals surface area (Å²) in [6.07, 6.45) is 10.1. The monoisotopic (exact) mass is 440 g/mol. The number of ether oxygens (including phenoxy) is 1. The van der Waals surface area contributed by atoms with Crippen molar-refractivity contribution >= 4 is 0 Å². The number of rotatable bonds is 4. The Hall–Kier alpha value is -2.03. The second kappa shape index (κ2) is 10.5. The second-order valence-electron chi connectivity index (χ2n) is 8.81. The third-order valence-electron chi connectivity index (χ3n) is 6.84. The molecule has 1 nitrogen and oxygen atoms in total. The van der Waals surface area contributed by atoms with Gasteiger partial charge in [0.25, 0.3) is 0 Å². The van der Waals surface area contributed by atoms with Gasteiger partial charge in [-0.2, -0.15) is 0 Å². The molecule has 170 valence electrons. The minimum absolute atomic E-state index is 0.0411. The summed E-state index contributed by atoms with van der Waals surface area (Å²) in [5.74, 6) is 4.05. The highest BCUT2D eigenvalue weighted by molar-refractivity contribution is 5.42. The van der Waals surface area contributed by atoms with E-state index in [0.717, 1.165) is 42.7 Å². The fraction of sp³-hybridized carbons (Fsp3) is 0.600. The van der Waals surface area contributed by atoms with Crippen LogP contribution in [0.3, 0.4) is 0 Å². The molecule has 0 saturated heterocycles. The maximum atomic E-state index is 13.7. The van der Waals surface area contributed by atoms with Gasteiger partial charge in [-0.25, -0.2) is 8.78 Å². The maximum Gasteiger partial charge on any atom is 0.573 e. The summed E-state index contributed by atoms with van der Waals surface area (Å²) in [5, 5.41) is 0. The first kappa shape index (κ1) is 23.6. The SMILES string of the molecule is CC[C@H]1CC[C@H]([C@H]2CC[C@H](C=CC#Cc3cc(F)c(OC(F)(F)F)c(F)c3)CC2)CC1. The molecule has 0 N–H and O–H groups in total. The van der Waals surface area contributed by atoms with Gasteiger partial charge in [-0.3, -0.25) is 0 Å². The van der Waals surface area contributed by atoms with Crippen molar-refractivity contribution < 1.29 is 26.7 Å². The van der Waals surface area contributed by atoms with Crippen LogP contribution < -0.4 is 4.74 Å². The Bertz CT molecular complexity index is 794. The molecule has 0 unspecified atom stereocenters. The molecule has 6 heteroatoms. The van der Waals surface area contributed by atoms with E-state index in [-0.39, 0.29) is 5.56 Å². The fourth-order valence-electron chi connectivity index (χ4n) is 5.03. The molecule has 0 spiro atoms. The van der Waals surface area contributed by atoms with E-state index < -0.39 is 23.7 Å². The number of alkyl halides is 3. The van der Waals surface area contributed by atoms with Gasteiger partial charge in [0, 0.05) is 5.56 Å². The van der Waals surface area contributed by atoms with Crippen LogP contribution in [0.15, 0.2) is 24.3 Å². The first-order chi connectivity index (χ1) is 14.7. The quantitative estimate of drug-likeness (QED) is 0.343. The standard InChI is InChI=1S/C25H29F5O/c1-2-17-7-11-20(12-8-17)21-13-9-18(10-14-21)5-3-4-6-19-15-22(26)24(23(27)16-19)31-25(28,29)30/h3,5,15-18,20-21H,2,7-14H2,1H3/t17-,18-,20-,21-. The zero-order chi connectivity index (χ0) is 22.4. The third kappa shape index (κ3) is 6.98. The van der Waals surface area contributed by atoms with Crippen molar-refractivity contribution in [3.05, 3.63) is 41.5 Å². The molecule has 1 aromatic carbocycles. The summed E-state index contributed by atoms with van der Waals surface area (Å²) >= 11 is 0. The van der Waals surface area contributed by atoms with Gasteiger partial charge >= 0.3 is 6.36 Å². The predicted molar refractivity (Wildman–Crippen MR) is 110 cm³/mol. The Balaban J connectivity index is 1.49. The molecule has 0 bridgehead atoms. The highest BCUT2D eigenvalue weighted by Gasteiger charge is 2.34. The molecule has 0 heterocycles. The van der Waals surface area contributed by atoms with Crippen LogP contribution in [-0.2, 0) is 0 Å². The van der Waals surface area contributed by atoms with E-state index in [1.807, 2.05) is 6.08 Å². The van der Waals surface area contributed by atoms with E-state index in [1.54, 1.807) is 6.08 Å². The number of halogens is 5. The molecule has 0 radical (unpaired) electrons.